The van der Waals surface area contributed by atoms with Crippen LogP contribution in [0.2, 0.25) is 0 Å². The minimum absolute atomic E-state index is 0.0443. The highest BCUT2D eigenvalue weighted by Crippen LogP contribution is 2.24. The lowest BCUT2D eigenvalue weighted by Gasteiger charge is -2.27. The number of rotatable bonds is 4. The topological polar surface area (TPSA) is 69.6 Å². The van der Waals surface area contributed by atoms with Crippen LogP contribution < -0.4 is 5.32 Å². The van der Waals surface area contributed by atoms with Crippen molar-refractivity contribution in [2.75, 3.05) is 19.6 Å². The van der Waals surface area contributed by atoms with Gasteiger partial charge in [0, 0.05) is 19.1 Å². The van der Waals surface area contributed by atoms with Crippen LogP contribution in [-0.2, 0) is 9.59 Å². The minimum Gasteiger partial charge on any atom is -0.481 e. The second kappa shape index (κ2) is 6.57. The van der Waals surface area contributed by atoms with Crippen LogP contribution >= 0.6 is 0 Å². The largest absolute Gasteiger partial charge is 0.481 e. The van der Waals surface area contributed by atoms with Crippen molar-refractivity contribution < 1.29 is 14.7 Å². The van der Waals surface area contributed by atoms with E-state index in [0.29, 0.717) is 25.7 Å². The molecule has 1 aliphatic carbocycles. The number of carboxylic acid groups (broad SMARTS) is 1. The number of carboxylic acids is 1. The lowest BCUT2D eigenvalue weighted by atomic mass is 9.87. The average molecular weight is 282 g/mol. The summed E-state index contributed by atoms with van der Waals surface area (Å²) in [5.74, 6) is -0.141. The van der Waals surface area contributed by atoms with Crippen molar-refractivity contribution in [2.24, 2.45) is 17.8 Å². The van der Waals surface area contributed by atoms with Gasteiger partial charge < -0.3 is 10.4 Å². The molecule has 0 aromatic heterocycles. The molecule has 5 nitrogen and oxygen atoms in total. The average Bonchev–Trinajstić information content (AvgIpc) is 2.73. The van der Waals surface area contributed by atoms with E-state index in [-0.39, 0.29) is 17.7 Å². The third-order valence-electron chi connectivity index (χ3n) is 4.75. The molecule has 2 rings (SSSR count). The maximum absolute atomic E-state index is 12.0. The van der Waals surface area contributed by atoms with E-state index in [1.54, 1.807) is 0 Å². The number of carbonyl (C=O) groups excluding carboxylic acids is 1. The van der Waals surface area contributed by atoms with Crippen LogP contribution in [0, 0.1) is 17.8 Å². The van der Waals surface area contributed by atoms with Crippen molar-refractivity contribution in [2.45, 2.75) is 45.6 Å². The molecule has 2 atom stereocenters. The Hall–Kier alpha value is -1.10. The zero-order chi connectivity index (χ0) is 14.7. The fourth-order valence-electron chi connectivity index (χ4n) is 3.40. The zero-order valence-electron chi connectivity index (χ0n) is 12.5. The summed E-state index contributed by atoms with van der Waals surface area (Å²) in [5, 5.41) is 12.2. The van der Waals surface area contributed by atoms with Gasteiger partial charge in [0.1, 0.15) is 0 Å². The first kappa shape index (κ1) is 15.3. The Morgan fingerprint density at radius 3 is 2.35 bits per heavy atom. The van der Waals surface area contributed by atoms with E-state index < -0.39 is 5.97 Å². The smallest absolute Gasteiger partial charge is 0.308 e. The van der Waals surface area contributed by atoms with Crippen molar-refractivity contribution in [3.63, 3.8) is 0 Å². The second-order valence-corrected chi connectivity index (χ2v) is 6.64. The molecule has 1 saturated carbocycles. The Bertz CT molecular complexity index is 364. The minimum atomic E-state index is -0.748. The molecule has 1 saturated heterocycles. The summed E-state index contributed by atoms with van der Waals surface area (Å²) in [6.07, 6.45) is 4.52. The first-order chi connectivity index (χ1) is 9.45. The SMILES string of the molecule is CC1CCC(NC(=O)CN2CC(C)C(C(=O)O)C2)CC1. The van der Waals surface area contributed by atoms with Crippen molar-refractivity contribution in [1.29, 1.82) is 0 Å². The summed E-state index contributed by atoms with van der Waals surface area (Å²) in [6.45, 7) is 5.73. The Labute approximate surface area is 120 Å². The number of hydrogen-bond donors (Lipinski definition) is 2. The van der Waals surface area contributed by atoms with E-state index in [4.69, 9.17) is 5.11 Å². The molecule has 1 heterocycles. The first-order valence-electron chi connectivity index (χ1n) is 7.70. The molecule has 2 unspecified atom stereocenters. The molecule has 2 N–H and O–H groups in total. The Morgan fingerprint density at radius 2 is 1.80 bits per heavy atom. The van der Waals surface area contributed by atoms with Gasteiger partial charge in [-0.15, -0.1) is 0 Å². The number of nitrogens with one attached hydrogen (secondary N) is 1. The fourth-order valence-corrected chi connectivity index (χ4v) is 3.40. The van der Waals surface area contributed by atoms with Gasteiger partial charge in [0.15, 0.2) is 0 Å². The van der Waals surface area contributed by atoms with Gasteiger partial charge in [0.2, 0.25) is 5.91 Å². The number of nitrogens with zero attached hydrogens (tertiary/aromatic N) is 1. The van der Waals surface area contributed by atoms with Gasteiger partial charge in [0.25, 0.3) is 0 Å². The molecule has 0 bridgehead atoms. The standard InChI is InChI=1S/C15H26N2O3/c1-10-3-5-12(6-4-10)16-14(18)9-17-7-11(2)13(8-17)15(19)20/h10-13H,3-9H2,1-2H3,(H,16,18)(H,19,20). The fraction of sp³-hybridized carbons (Fsp3) is 0.867. The number of hydrogen-bond acceptors (Lipinski definition) is 3. The number of amides is 1. The molecule has 0 aromatic carbocycles. The molecular formula is C15H26N2O3. The Morgan fingerprint density at radius 1 is 1.15 bits per heavy atom. The van der Waals surface area contributed by atoms with E-state index >= 15 is 0 Å². The summed E-state index contributed by atoms with van der Waals surface area (Å²) >= 11 is 0. The van der Waals surface area contributed by atoms with E-state index in [1.807, 2.05) is 11.8 Å². The van der Waals surface area contributed by atoms with Crippen molar-refractivity contribution in [3.8, 4) is 0 Å². The van der Waals surface area contributed by atoms with Crippen LogP contribution in [0.25, 0.3) is 0 Å². The summed E-state index contributed by atoms with van der Waals surface area (Å²) in [7, 11) is 0. The molecular weight excluding hydrogens is 256 g/mol. The van der Waals surface area contributed by atoms with Crippen LogP contribution in [0.15, 0.2) is 0 Å². The number of likely N-dealkylation sites (tertiary alicyclic amines) is 1. The van der Waals surface area contributed by atoms with E-state index in [9.17, 15) is 9.59 Å². The Kier molecular flexibility index (Phi) is 5.02. The highest BCUT2D eigenvalue weighted by molar-refractivity contribution is 5.78. The van der Waals surface area contributed by atoms with Crippen LogP contribution in [0.5, 0.6) is 0 Å². The van der Waals surface area contributed by atoms with Crippen molar-refractivity contribution >= 4 is 11.9 Å². The molecule has 5 heteroatoms. The third-order valence-corrected chi connectivity index (χ3v) is 4.75. The van der Waals surface area contributed by atoms with Crippen LogP contribution in [0.3, 0.4) is 0 Å². The maximum atomic E-state index is 12.0. The summed E-state index contributed by atoms with van der Waals surface area (Å²) in [5.41, 5.74) is 0. The quantitative estimate of drug-likeness (QED) is 0.816. The molecule has 20 heavy (non-hydrogen) atoms. The van der Waals surface area contributed by atoms with Crippen molar-refractivity contribution in [1.82, 2.24) is 10.2 Å². The number of aliphatic carboxylic acids is 1. The molecule has 114 valence electrons. The highest BCUT2D eigenvalue weighted by atomic mass is 16.4. The molecule has 0 aromatic rings. The normalized spacial score (nSPS) is 34.9. The van der Waals surface area contributed by atoms with Crippen LogP contribution in [-0.4, -0.2) is 47.6 Å². The van der Waals surface area contributed by atoms with Crippen LogP contribution in [0.4, 0.5) is 0 Å². The first-order valence-corrected chi connectivity index (χ1v) is 7.70. The summed E-state index contributed by atoms with van der Waals surface area (Å²) < 4.78 is 0. The van der Waals surface area contributed by atoms with E-state index in [1.165, 1.54) is 12.8 Å². The highest BCUT2D eigenvalue weighted by Gasteiger charge is 2.35. The van der Waals surface area contributed by atoms with Gasteiger partial charge in [-0.3, -0.25) is 14.5 Å². The molecule has 0 spiro atoms. The summed E-state index contributed by atoms with van der Waals surface area (Å²) in [6, 6.07) is 0.314. The third kappa shape index (κ3) is 3.95. The van der Waals surface area contributed by atoms with E-state index in [2.05, 4.69) is 12.2 Å². The summed E-state index contributed by atoms with van der Waals surface area (Å²) in [4.78, 5) is 25.1. The number of carbonyl (C=O) groups is 2. The molecule has 2 fully saturated rings. The lowest BCUT2D eigenvalue weighted by molar-refractivity contribution is -0.142. The monoisotopic (exact) mass is 282 g/mol. The predicted molar refractivity (Wildman–Crippen MR) is 76.3 cm³/mol. The van der Waals surface area contributed by atoms with Gasteiger partial charge in [0.05, 0.1) is 12.5 Å². The van der Waals surface area contributed by atoms with Crippen LogP contribution in [0.1, 0.15) is 39.5 Å². The van der Waals surface area contributed by atoms with Gasteiger partial charge in [-0.25, -0.2) is 0 Å². The molecule has 2 aliphatic rings. The van der Waals surface area contributed by atoms with Gasteiger partial charge >= 0.3 is 5.97 Å². The lowest BCUT2D eigenvalue weighted by Crippen LogP contribution is -2.43. The van der Waals surface area contributed by atoms with Gasteiger partial charge in [-0.2, -0.15) is 0 Å². The van der Waals surface area contributed by atoms with Crippen molar-refractivity contribution in [3.05, 3.63) is 0 Å². The molecule has 1 amide bonds. The van der Waals surface area contributed by atoms with Gasteiger partial charge in [-0.05, 0) is 37.5 Å². The predicted octanol–water partition coefficient (Wildman–Crippen LogP) is 1.33. The molecule has 0 radical (unpaired) electrons. The second-order valence-electron chi connectivity index (χ2n) is 6.64. The Balaban J connectivity index is 1.74. The molecule has 1 aliphatic heterocycles. The maximum Gasteiger partial charge on any atom is 0.308 e. The zero-order valence-corrected chi connectivity index (χ0v) is 12.5. The van der Waals surface area contributed by atoms with Gasteiger partial charge in [-0.1, -0.05) is 13.8 Å². The van der Waals surface area contributed by atoms with E-state index in [0.717, 1.165) is 18.8 Å².